The van der Waals surface area contributed by atoms with Gasteiger partial charge >= 0.3 is 0 Å². The first-order valence-electron chi connectivity index (χ1n) is 20.4. The van der Waals surface area contributed by atoms with Crippen LogP contribution in [0.25, 0.3) is 16.9 Å². The molecule has 0 spiro atoms. The molecule has 3 amide bonds. The van der Waals surface area contributed by atoms with Crippen LogP contribution in [0.1, 0.15) is 51.4 Å². The molecule has 58 heavy (non-hydrogen) atoms. The Morgan fingerprint density at radius 3 is 2.34 bits per heavy atom. The molecule has 13 nitrogen and oxygen atoms in total. The lowest BCUT2D eigenvalue weighted by Crippen LogP contribution is -2.52. The highest BCUT2D eigenvalue weighted by atomic mass is 19.1. The monoisotopic (exact) mass is 793 g/mol. The van der Waals surface area contributed by atoms with E-state index in [1.54, 1.807) is 54.7 Å². The first kappa shape index (κ1) is 39.1. The van der Waals surface area contributed by atoms with Gasteiger partial charge in [-0.2, -0.15) is 0 Å². The average molecular weight is 794 g/mol. The summed E-state index contributed by atoms with van der Waals surface area (Å²) in [5.41, 5.74) is 2.19. The van der Waals surface area contributed by atoms with Crippen LogP contribution in [0.3, 0.4) is 0 Å². The largest absolute Gasteiger partial charge is 0.374 e. The third-order valence-corrected chi connectivity index (χ3v) is 12.1. The summed E-state index contributed by atoms with van der Waals surface area (Å²) in [6, 6.07) is 16.4. The Balaban J connectivity index is 0.761. The number of nitrogens with one attached hydrogen (secondary N) is 3. The second-order valence-corrected chi connectivity index (χ2v) is 15.9. The van der Waals surface area contributed by atoms with Crippen molar-refractivity contribution in [1.82, 2.24) is 29.7 Å². The Kier molecular flexibility index (Phi) is 11.8. The van der Waals surface area contributed by atoms with E-state index in [-0.39, 0.29) is 53.2 Å². The smallest absolute Gasteiger partial charge is 0.255 e. The highest BCUT2D eigenvalue weighted by Gasteiger charge is 2.33. The molecule has 15 heteroatoms. The molecule has 2 aromatic heterocycles. The van der Waals surface area contributed by atoms with Crippen LogP contribution in [0.5, 0.6) is 0 Å². The van der Waals surface area contributed by atoms with Gasteiger partial charge < -0.3 is 20.4 Å². The van der Waals surface area contributed by atoms with Crippen molar-refractivity contribution >= 4 is 35.0 Å². The van der Waals surface area contributed by atoms with Crippen LogP contribution in [-0.2, 0) is 14.4 Å². The van der Waals surface area contributed by atoms with E-state index in [2.05, 4.69) is 35.7 Å². The number of imide groups is 1. The van der Waals surface area contributed by atoms with E-state index < -0.39 is 11.9 Å². The predicted octanol–water partition coefficient (Wildman–Crippen LogP) is 4.82. The van der Waals surface area contributed by atoms with Crippen molar-refractivity contribution < 1.29 is 23.2 Å². The second-order valence-electron chi connectivity index (χ2n) is 15.9. The van der Waals surface area contributed by atoms with Crippen LogP contribution in [0.15, 0.2) is 77.9 Å². The number of carbonyl (C=O) groups is 3. The third-order valence-electron chi connectivity index (χ3n) is 12.1. The van der Waals surface area contributed by atoms with Crippen molar-refractivity contribution in [3.05, 3.63) is 95.0 Å². The van der Waals surface area contributed by atoms with Crippen molar-refractivity contribution in [3.63, 3.8) is 0 Å². The van der Waals surface area contributed by atoms with Gasteiger partial charge in [0.05, 0.1) is 11.9 Å². The minimum absolute atomic E-state index is 0.0227. The molecule has 2 aromatic carbocycles. The lowest BCUT2D eigenvalue weighted by Gasteiger charge is -2.40. The zero-order chi connectivity index (χ0) is 40.2. The van der Waals surface area contributed by atoms with Gasteiger partial charge in [-0.3, -0.25) is 34.0 Å². The maximum Gasteiger partial charge on any atom is 0.255 e. The zero-order valence-corrected chi connectivity index (χ0v) is 32.4. The van der Waals surface area contributed by atoms with Crippen molar-refractivity contribution in [3.8, 4) is 16.9 Å². The maximum absolute atomic E-state index is 15.2. The second kappa shape index (κ2) is 17.4. The van der Waals surface area contributed by atoms with Gasteiger partial charge in [0, 0.05) is 93.4 Å². The summed E-state index contributed by atoms with van der Waals surface area (Å²) in [5.74, 6) is -0.519. The number of hydrogen-bond donors (Lipinski definition) is 3. The zero-order valence-electron chi connectivity index (χ0n) is 32.4. The van der Waals surface area contributed by atoms with Gasteiger partial charge in [-0.15, -0.1) is 0 Å². The van der Waals surface area contributed by atoms with Gasteiger partial charge in [0.1, 0.15) is 17.6 Å². The van der Waals surface area contributed by atoms with Crippen molar-refractivity contribution in [1.29, 1.82) is 0 Å². The van der Waals surface area contributed by atoms with Gasteiger partial charge in [-0.1, -0.05) is 18.2 Å². The van der Waals surface area contributed by atoms with Gasteiger partial charge in [-0.05, 0) is 87.3 Å². The standard InChI is InChI=1S/C43H49F2N9O4/c44-34-25-32(47-36-12-14-38(55)49-41(36)57)11-13-37(34)52-18-15-28(16-19-52)27-51-20-22-53(23-21-51)42(58)29-7-9-31(10-8-29)48-43-46-26-35(45)40(50-43)30-4-3-5-33(24-30)54-17-2-1-6-39(54)56/h1-6,11,13,17,24-26,28-29,31,36,47H,7-10,12,14-16,18-23,27H2,(H,46,48,50)(H,49,55,57). The van der Waals surface area contributed by atoms with E-state index in [1.807, 2.05) is 4.90 Å². The molecule has 3 N–H and O–H groups in total. The van der Waals surface area contributed by atoms with Crippen LogP contribution >= 0.6 is 0 Å². The molecule has 0 bridgehead atoms. The molecule has 4 aromatic rings. The fraction of sp³-hybridized carbons (Fsp3) is 0.442. The summed E-state index contributed by atoms with van der Waals surface area (Å²) in [6.45, 7) is 5.60. The van der Waals surface area contributed by atoms with Crippen molar-refractivity contribution in [2.75, 3.05) is 61.3 Å². The van der Waals surface area contributed by atoms with Crippen LogP contribution in [0.4, 0.5) is 26.1 Å². The number of halogens is 2. The van der Waals surface area contributed by atoms with Crippen molar-refractivity contribution in [2.45, 2.75) is 63.5 Å². The summed E-state index contributed by atoms with van der Waals surface area (Å²) in [6.07, 6.45) is 8.48. The Bertz CT molecular complexity index is 2190. The Hall–Kier alpha value is -5.70. The number of amides is 3. The SMILES string of the molecule is O=C1CCC(Nc2ccc(N3CCC(CN4CCN(C(=O)C5CCC(Nc6ncc(F)c(-c7cccc(-n8ccccc8=O)c7)n6)CC5)CC4)CC3)c(F)c2)C(=O)N1. The predicted molar refractivity (Wildman–Crippen MR) is 217 cm³/mol. The van der Waals surface area contributed by atoms with Crippen LogP contribution in [0, 0.1) is 23.5 Å². The lowest BCUT2D eigenvalue weighted by atomic mass is 9.85. The Labute approximate surface area is 335 Å². The first-order chi connectivity index (χ1) is 28.2. The van der Waals surface area contributed by atoms with Gasteiger partial charge in [-0.25, -0.2) is 18.7 Å². The molecule has 3 saturated heterocycles. The fourth-order valence-corrected chi connectivity index (χ4v) is 8.77. The highest BCUT2D eigenvalue weighted by molar-refractivity contribution is 6.01. The molecule has 3 aliphatic heterocycles. The Morgan fingerprint density at radius 2 is 1.60 bits per heavy atom. The maximum atomic E-state index is 15.2. The van der Waals surface area contributed by atoms with Gasteiger partial charge in [0.2, 0.25) is 23.7 Å². The number of benzene rings is 2. The third kappa shape index (κ3) is 9.04. The number of piperazine rings is 1. The topological polar surface area (TPSA) is 145 Å². The normalized spacial score (nSPS) is 22.1. The molecule has 1 unspecified atom stereocenters. The molecule has 304 valence electrons. The lowest BCUT2D eigenvalue weighted by molar-refractivity contribution is -0.138. The molecule has 4 fully saturated rings. The van der Waals surface area contributed by atoms with Crippen LogP contribution in [-0.4, -0.2) is 100.0 Å². The molecule has 1 saturated carbocycles. The van der Waals surface area contributed by atoms with E-state index in [4.69, 9.17) is 0 Å². The van der Waals surface area contributed by atoms with E-state index in [0.29, 0.717) is 54.0 Å². The molecule has 4 aliphatic rings. The fourth-order valence-electron chi connectivity index (χ4n) is 8.77. The van der Waals surface area contributed by atoms with E-state index in [0.717, 1.165) is 71.2 Å². The number of piperidine rings is 2. The molecule has 5 heterocycles. The van der Waals surface area contributed by atoms with E-state index in [9.17, 15) is 23.6 Å². The highest BCUT2D eigenvalue weighted by Crippen LogP contribution is 2.31. The number of carbonyl (C=O) groups excluding carboxylic acids is 3. The van der Waals surface area contributed by atoms with Gasteiger partial charge in [0.25, 0.3) is 5.56 Å². The van der Waals surface area contributed by atoms with Gasteiger partial charge in [0.15, 0.2) is 5.82 Å². The first-order valence-corrected chi connectivity index (χ1v) is 20.4. The van der Waals surface area contributed by atoms with Crippen LogP contribution < -0.4 is 26.4 Å². The molecular formula is C43H49F2N9O4. The summed E-state index contributed by atoms with van der Waals surface area (Å²) < 4.78 is 31.7. The number of hydrogen-bond acceptors (Lipinski definition) is 10. The summed E-state index contributed by atoms with van der Waals surface area (Å²) in [4.78, 5) is 64.7. The quantitative estimate of drug-likeness (QED) is 0.191. The summed E-state index contributed by atoms with van der Waals surface area (Å²) in [5, 5.41) is 8.74. The summed E-state index contributed by atoms with van der Waals surface area (Å²) >= 11 is 0. The average Bonchev–Trinajstić information content (AvgIpc) is 3.23. The number of rotatable bonds is 10. The number of nitrogens with zero attached hydrogens (tertiary/aromatic N) is 6. The number of anilines is 3. The Morgan fingerprint density at radius 1 is 0.810 bits per heavy atom. The molecule has 0 radical (unpaired) electrons. The minimum Gasteiger partial charge on any atom is -0.374 e. The summed E-state index contributed by atoms with van der Waals surface area (Å²) in [7, 11) is 0. The molecular weight excluding hydrogens is 745 g/mol. The molecule has 1 aliphatic carbocycles. The van der Waals surface area contributed by atoms with Crippen LogP contribution in [0.2, 0.25) is 0 Å². The molecule has 8 rings (SSSR count). The van der Waals surface area contributed by atoms with E-state index >= 15 is 4.39 Å². The minimum atomic E-state index is -0.559. The number of pyridine rings is 1. The van der Waals surface area contributed by atoms with E-state index in [1.165, 1.54) is 22.9 Å². The molecule has 1 atom stereocenters. The number of aromatic nitrogens is 3. The van der Waals surface area contributed by atoms with Crippen molar-refractivity contribution in [2.24, 2.45) is 11.8 Å².